The van der Waals surface area contributed by atoms with E-state index in [1.165, 1.54) is 23.1 Å². The summed E-state index contributed by atoms with van der Waals surface area (Å²) in [5, 5.41) is 3.04. The Morgan fingerprint density at radius 1 is 0.925 bits per heavy atom. The summed E-state index contributed by atoms with van der Waals surface area (Å²) in [6.45, 7) is 2.71. The number of carbonyl (C=O) groups is 2. The zero-order valence-electron chi connectivity index (χ0n) is 22.9. The van der Waals surface area contributed by atoms with Gasteiger partial charge in [-0.05, 0) is 57.0 Å². The first-order valence-corrected chi connectivity index (χ1v) is 15.1. The first kappa shape index (κ1) is 29.3. The molecule has 0 bridgehead atoms. The van der Waals surface area contributed by atoms with Gasteiger partial charge in [0.2, 0.25) is 11.8 Å². The molecule has 1 aliphatic carbocycles. The average Bonchev–Trinajstić information content (AvgIpc) is 2.96. The predicted octanol–water partition coefficient (Wildman–Crippen LogP) is 5.20. The number of carbonyl (C=O) groups excluding carboxylic acids is 2. The summed E-state index contributed by atoms with van der Waals surface area (Å²) in [6, 6.07) is 19.9. The monoisotopic (exact) mass is 565 g/mol. The maximum Gasteiger partial charge on any atom is 0.264 e. The highest BCUT2D eigenvalue weighted by atomic mass is 32.2. The van der Waals surface area contributed by atoms with Crippen LogP contribution in [0, 0.1) is 12.7 Å². The number of benzene rings is 3. The number of amides is 2. The molecule has 0 radical (unpaired) electrons. The fraction of sp³-hybridized carbons (Fsp3) is 0.355. The van der Waals surface area contributed by atoms with Gasteiger partial charge in [0.15, 0.2) is 0 Å². The number of hydrogen-bond donors (Lipinski definition) is 1. The van der Waals surface area contributed by atoms with Gasteiger partial charge in [0.1, 0.15) is 18.4 Å². The van der Waals surface area contributed by atoms with Gasteiger partial charge in [-0.15, -0.1) is 0 Å². The van der Waals surface area contributed by atoms with Crippen LogP contribution in [0.3, 0.4) is 0 Å². The van der Waals surface area contributed by atoms with Gasteiger partial charge in [0, 0.05) is 18.2 Å². The third kappa shape index (κ3) is 7.07. The van der Waals surface area contributed by atoms with E-state index >= 15 is 0 Å². The number of nitrogens with zero attached hydrogens (tertiary/aromatic N) is 2. The summed E-state index contributed by atoms with van der Waals surface area (Å²) in [7, 11) is -4.14. The summed E-state index contributed by atoms with van der Waals surface area (Å²) >= 11 is 0. The molecule has 0 aliphatic heterocycles. The van der Waals surface area contributed by atoms with E-state index in [0.717, 1.165) is 42.0 Å². The van der Waals surface area contributed by atoms with Gasteiger partial charge in [0.25, 0.3) is 10.0 Å². The van der Waals surface area contributed by atoms with Crippen molar-refractivity contribution in [2.24, 2.45) is 0 Å². The summed E-state index contributed by atoms with van der Waals surface area (Å²) in [6.07, 6.45) is 4.93. The first-order valence-electron chi connectivity index (χ1n) is 13.6. The van der Waals surface area contributed by atoms with E-state index in [1.807, 2.05) is 6.92 Å². The molecule has 40 heavy (non-hydrogen) atoms. The van der Waals surface area contributed by atoms with E-state index in [9.17, 15) is 22.4 Å². The molecule has 0 heterocycles. The van der Waals surface area contributed by atoms with Crippen LogP contribution in [0.25, 0.3) is 0 Å². The maximum absolute atomic E-state index is 14.7. The topological polar surface area (TPSA) is 86.8 Å². The second-order valence-electron chi connectivity index (χ2n) is 10.3. The molecule has 0 unspecified atom stereocenters. The van der Waals surface area contributed by atoms with E-state index in [2.05, 4.69) is 5.32 Å². The lowest BCUT2D eigenvalue weighted by Crippen LogP contribution is -2.53. The molecule has 212 valence electrons. The molecule has 3 aromatic carbocycles. The van der Waals surface area contributed by atoms with Gasteiger partial charge < -0.3 is 10.2 Å². The SMILES string of the molecule is Cc1ccc(S(=O)(=O)N(CC(=O)N(Cc2ccccc2F)[C@@H](C)C(=O)NC2CCCCC2)c2ccccc2)cc1. The molecule has 2 amide bonds. The van der Waals surface area contributed by atoms with Gasteiger partial charge in [-0.3, -0.25) is 13.9 Å². The molecular formula is C31H36FN3O4S. The average molecular weight is 566 g/mol. The van der Waals surface area contributed by atoms with Crippen LogP contribution >= 0.6 is 0 Å². The molecule has 7 nitrogen and oxygen atoms in total. The summed E-state index contributed by atoms with van der Waals surface area (Å²) < 4.78 is 43.3. The van der Waals surface area contributed by atoms with E-state index in [4.69, 9.17) is 0 Å². The van der Waals surface area contributed by atoms with Crippen molar-refractivity contribution in [3.05, 3.63) is 95.8 Å². The lowest BCUT2D eigenvalue weighted by molar-refractivity contribution is -0.139. The van der Waals surface area contributed by atoms with Crippen LogP contribution < -0.4 is 9.62 Å². The molecular weight excluding hydrogens is 529 g/mol. The Hall–Kier alpha value is -3.72. The van der Waals surface area contributed by atoms with Gasteiger partial charge in [0.05, 0.1) is 10.6 Å². The van der Waals surface area contributed by atoms with Crippen molar-refractivity contribution < 1.29 is 22.4 Å². The van der Waals surface area contributed by atoms with Crippen molar-refractivity contribution in [2.75, 3.05) is 10.8 Å². The maximum atomic E-state index is 14.7. The summed E-state index contributed by atoms with van der Waals surface area (Å²) in [5.41, 5.74) is 1.44. The number of sulfonamides is 1. The van der Waals surface area contributed by atoms with Crippen LogP contribution in [0.1, 0.15) is 50.2 Å². The van der Waals surface area contributed by atoms with Gasteiger partial charge >= 0.3 is 0 Å². The molecule has 1 fully saturated rings. The largest absolute Gasteiger partial charge is 0.352 e. The number of para-hydroxylation sites is 1. The van der Waals surface area contributed by atoms with Gasteiger partial charge in [-0.25, -0.2) is 12.8 Å². The molecule has 0 aromatic heterocycles. The fourth-order valence-electron chi connectivity index (χ4n) is 4.92. The Kier molecular flexibility index (Phi) is 9.58. The second kappa shape index (κ2) is 13.1. The highest BCUT2D eigenvalue weighted by Crippen LogP contribution is 2.25. The van der Waals surface area contributed by atoms with Crippen LogP contribution in [0.4, 0.5) is 10.1 Å². The molecule has 9 heteroatoms. The standard InChI is InChI=1S/C31H36FN3O4S/c1-23-17-19-28(20-18-23)40(38,39)35(27-14-7-4-8-15-27)22-30(36)34(21-25-11-9-10-16-29(25)32)24(2)31(37)33-26-12-5-3-6-13-26/h4,7-11,14-20,24,26H,3,5-6,12-13,21-22H2,1-2H3,(H,33,37)/t24-/m0/s1. The van der Waals surface area contributed by atoms with Gasteiger partial charge in [-0.1, -0.05) is 73.4 Å². The first-order chi connectivity index (χ1) is 19.2. The van der Waals surface area contributed by atoms with E-state index in [-0.39, 0.29) is 29.0 Å². The third-order valence-electron chi connectivity index (χ3n) is 7.35. The third-order valence-corrected chi connectivity index (χ3v) is 9.14. The number of halogens is 1. The molecule has 4 rings (SSSR count). The number of anilines is 1. The minimum Gasteiger partial charge on any atom is -0.352 e. The lowest BCUT2D eigenvalue weighted by atomic mass is 9.95. The molecule has 1 aliphatic rings. The highest BCUT2D eigenvalue weighted by Gasteiger charge is 2.33. The van der Waals surface area contributed by atoms with Gasteiger partial charge in [-0.2, -0.15) is 0 Å². The summed E-state index contributed by atoms with van der Waals surface area (Å²) in [5.74, 6) is -1.47. The van der Waals surface area contributed by atoms with E-state index in [0.29, 0.717) is 5.69 Å². The molecule has 0 spiro atoms. The summed E-state index contributed by atoms with van der Waals surface area (Å²) in [4.78, 5) is 28.5. The zero-order valence-corrected chi connectivity index (χ0v) is 23.7. The van der Waals surface area contributed by atoms with Crippen LogP contribution in [0.2, 0.25) is 0 Å². The molecule has 1 atom stereocenters. The van der Waals surface area contributed by atoms with Crippen LogP contribution in [0.5, 0.6) is 0 Å². The zero-order chi connectivity index (χ0) is 28.7. The Labute approximate surface area is 236 Å². The number of aryl methyl sites for hydroxylation is 1. The lowest BCUT2D eigenvalue weighted by Gasteiger charge is -2.33. The van der Waals surface area contributed by atoms with Crippen molar-refractivity contribution in [3.8, 4) is 0 Å². The van der Waals surface area contributed by atoms with Crippen molar-refractivity contribution in [2.45, 2.75) is 69.5 Å². The van der Waals surface area contributed by atoms with Crippen LogP contribution in [0.15, 0.2) is 83.8 Å². The Bertz CT molecular complexity index is 1410. The number of rotatable bonds is 10. The fourth-order valence-corrected chi connectivity index (χ4v) is 6.34. The Balaban J connectivity index is 1.66. The van der Waals surface area contributed by atoms with Crippen LogP contribution in [-0.2, 0) is 26.2 Å². The molecule has 1 saturated carbocycles. The minimum atomic E-state index is -4.14. The molecule has 3 aromatic rings. The normalized spacial score (nSPS) is 14.8. The predicted molar refractivity (Wildman–Crippen MR) is 154 cm³/mol. The molecule has 0 saturated heterocycles. The Morgan fingerprint density at radius 3 is 2.20 bits per heavy atom. The number of hydrogen-bond acceptors (Lipinski definition) is 4. The quantitative estimate of drug-likeness (QED) is 0.366. The van der Waals surface area contributed by atoms with Crippen molar-refractivity contribution in [3.63, 3.8) is 0 Å². The van der Waals surface area contributed by atoms with Crippen LogP contribution in [-0.4, -0.2) is 43.8 Å². The highest BCUT2D eigenvalue weighted by molar-refractivity contribution is 7.92. The minimum absolute atomic E-state index is 0.0249. The van der Waals surface area contributed by atoms with Crippen molar-refractivity contribution in [1.82, 2.24) is 10.2 Å². The second-order valence-corrected chi connectivity index (χ2v) is 12.2. The van der Waals surface area contributed by atoms with Crippen molar-refractivity contribution in [1.29, 1.82) is 0 Å². The Morgan fingerprint density at radius 2 is 1.55 bits per heavy atom. The number of nitrogens with one attached hydrogen (secondary N) is 1. The van der Waals surface area contributed by atoms with Crippen molar-refractivity contribution >= 4 is 27.5 Å². The molecule has 1 N–H and O–H groups in total. The van der Waals surface area contributed by atoms with E-state index < -0.39 is 34.3 Å². The smallest absolute Gasteiger partial charge is 0.264 e. The van der Waals surface area contributed by atoms with E-state index in [1.54, 1.807) is 67.6 Å².